The molecule has 6 heteroatoms. The lowest BCUT2D eigenvalue weighted by Crippen LogP contribution is -2.30. The lowest BCUT2D eigenvalue weighted by Gasteiger charge is -2.19. The van der Waals surface area contributed by atoms with Crippen molar-refractivity contribution in [3.63, 3.8) is 0 Å². The van der Waals surface area contributed by atoms with Gasteiger partial charge in [-0.3, -0.25) is 0 Å². The number of fused-ring (bicyclic) bond motifs is 1. The van der Waals surface area contributed by atoms with Gasteiger partial charge in [0.2, 0.25) is 5.88 Å². The van der Waals surface area contributed by atoms with Gasteiger partial charge in [0, 0.05) is 37.6 Å². The molecule has 0 radical (unpaired) electrons. The molecule has 0 saturated carbocycles. The van der Waals surface area contributed by atoms with Gasteiger partial charge >= 0.3 is 0 Å². The lowest BCUT2D eigenvalue weighted by atomic mass is 10.2. The molecule has 3 aromatic rings. The number of benzene rings is 1. The Bertz CT molecular complexity index is 1070. The summed E-state index contributed by atoms with van der Waals surface area (Å²) in [5.41, 5.74) is 3.82. The Labute approximate surface area is 171 Å². The number of nitrogens with zero attached hydrogens (tertiary/aromatic N) is 5. The molecular formula is C23H25N5O. The molecule has 4 rings (SSSR count). The second-order valence-electron chi connectivity index (χ2n) is 7.51. The fraction of sp³-hybridized carbons (Fsp3) is 0.348. The Morgan fingerprint density at radius 2 is 2.07 bits per heavy atom. The highest BCUT2D eigenvalue weighted by atomic mass is 16.5. The van der Waals surface area contributed by atoms with Crippen LogP contribution in [0.4, 0.5) is 5.69 Å². The number of likely N-dealkylation sites (tertiary alicyclic amines) is 1. The van der Waals surface area contributed by atoms with Crippen LogP contribution < -0.4 is 9.64 Å². The first-order chi connectivity index (χ1) is 14.1. The summed E-state index contributed by atoms with van der Waals surface area (Å²) < 4.78 is 6.10. The van der Waals surface area contributed by atoms with Crippen LogP contribution in [0.5, 0.6) is 5.88 Å². The van der Waals surface area contributed by atoms with Crippen molar-refractivity contribution in [3.8, 4) is 17.7 Å². The van der Waals surface area contributed by atoms with Gasteiger partial charge in [-0.15, -0.1) is 0 Å². The van der Waals surface area contributed by atoms with Gasteiger partial charge in [0.05, 0.1) is 0 Å². The molecular weight excluding hydrogens is 362 g/mol. The summed E-state index contributed by atoms with van der Waals surface area (Å²) in [5.74, 6) is 6.83. The molecule has 0 N–H and O–H groups in total. The summed E-state index contributed by atoms with van der Waals surface area (Å²) in [4.78, 5) is 18.0. The summed E-state index contributed by atoms with van der Waals surface area (Å²) in [6, 6.07) is 12.2. The van der Waals surface area contributed by atoms with Crippen molar-refractivity contribution in [2.24, 2.45) is 0 Å². The van der Waals surface area contributed by atoms with E-state index in [4.69, 9.17) is 4.74 Å². The van der Waals surface area contributed by atoms with Crippen molar-refractivity contribution in [2.75, 3.05) is 39.2 Å². The highest BCUT2D eigenvalue weighted by Gasteiger charge is 2.22. The molecule has 29 heavy (non-hydrogen) atoms. The first-order valence-electron chi connectivity index (χ1n) is 9.85. The Morgan fingerprint density at radius 3 is 2.86 bits per heavy atom. The van der Waals surface area contributed by atoms with Gasteiger partial charge in [0.25, 0.3) is 0 Å². The minimum Gasteiger partial charge on any atom is -0.474 e. The molecule has 0 amide bonds. The van der Waals surface area contributed by atoms with Crippen molar-refractivity contribution in [1.82, 2.24) is 19.9 Å². The molecule has 1 aromatic carbocycles. The van der Waals surface area contributed by atoms with Crippen LogP contribution in [0.15, 0.2) is 42.6 Å². The topological polar surface area (TPSA) is 54.4 Å². The van der Waals surface area contributed by atoms with Gasteiger partial charge in [-0.1, -0.05) is 12.0 Å². The van der Waals surface area contributed by atoms with E-state index in [1.165, 1.54) is 6.42 Å². The molecule has 3 heterocycles. The minimum absolute atomic E-state index is 0.402. The minimum atomic E-state index is 0.402. The van der Waals surface area contributed by atoms with Crippen LogP contribution in [0.25, 0.3) is 11.2 Å². The SMILES string of the molecule is CN(C)c1cccc(C#Cc2nc3ncccc3nc2OC[C@@H]2CCCN2C)c1. The van der Waals surface area contributed by atoms with Crippen molar-refractivity contribution < 1.29 is 4.74 Å². The van der Waals surface area contributed by atoms with E-state index in [1.807, 2.05) is 44.4 Å². The van der Waals surface area contributed by atoms with Crippen LogP contribution in [0.2, 0.25) is 0 Å². The summed E-state index contributed by atoms with van der Waals surface area (Å²) >= 11 is 0. The van der Waals surface area contributed by atoms with Crippen LogP contribution in [0, 0.1) is 11.8 Å². The number of hydrogen-bond acceptors (Lipinski definition) is 6. The van der Waals surface area contributed by atoms with E-state index >= 15 is 0 Å². The fourth-order valence-electron chi connectivity index (χ4n) is 3.42. The molecule has 6 nitrogen and oxygen atoms in total. The van der Waals surface area contributed by atoms with Crippen molar-refractivity contribution >= 4 is 16.9 Å². The monoisotopic (exact) mass is 387 g/mol. The van der Waals surface area contributed by atoms with E-state index in [-0.39, 0.29) is 0 Å². The van der Waals surface area contributed by atoms with Gasteiger partial charge in [-0.05, 0) is 62.7 Å². The number of pyridine rings is 1. The van der Waals surface area contributed by atoms with Gasteiger partial charge in [0.1, 0.15) is 12.1 Å². The molecule has 148 valence electrons. The average molecular weight is 387 g/mol. The Balaban J connectivity index is 1.66. The predicted octanol–water partition coefficient (Wildman–Crippen LogP) is 2.96. The zero-order valence-corrected chi connectivity index (χ0v) is 17.1. The molecule has 1 aliphatic heterocycles. The lowest BCUT2D eigenvalue weighted by molar-refractivity contribution is 0.193. The summed E-state index contributed by atoms with van der Waals surface area (Å²) in [5, 5.41) is 0. The number of aromatic nitrogens is 3. The van der Waals surface area contributed by atoms with Gasteiger partial charge in [0.15, 0.2) is 11.3 Å². The number of rotatable bonds is 4. The Kier molecular flexibility index (Phi) is 5.59. The molecule has 0 bridgehead atoms. The van der Waals surface area contributed by atoms with Crippen LogP contribution >= 0.6 is 0 Å². The van der Waals surface area contributed by atoms with E-state index in [2.05, 4.69) is 49.7 Å². The number of hydrogen-bond donors (Lipinski definition) is 0. The molecule has 0 aliphatic carbocycles. The third-order valence-corrected chi connectivity index (χ3v) is 5.18. The second-order valence-corrected chi connectivity index (χ2v) is 7.51. The zero-order chi connectivity index (χ0) is 20.2. The van der Waals surface area contributed by atoms with Gasteiger partial charge < -0.3 is 14.5 Å². The summed E-state index contributed by atoms with van der Waals surface area (Å²) in [6.45, 7) is 1.69. The van der Waals surface area contributed by atoms with Gasteiger partial charge in [-0.25, -0.2) is 15.0 Å². The first kappa shape index (κ1) is 19.2. The van der Waals surface area contributed by atoms with E-state index in [1.54, 1.807) is 6.20 Å². The standard InChI is InChI=1S/C23H25N5O/c1-27(2)18-8-4-7-17(15-18)11-12-21-23(29-16-19-9-6-14-28(19)3)26-20-10-5-13-24-22(20)25-21/h4-5,7-8,10,13,15,19H,6,9,14,16H2,1-3H3/t19-/m0/s1. The third kappa shape index (κ3) is 4.47. The van der Waals surface area contributed by atoms with E-state index in [0.29, 0.717) is 35.4 Å². The van der Waals surface area contributed by atoms with E-state index in [9.17, 15) is 0 Å². The number of likely N-dealkylation sites (N-methyl/N-ethyl adjacent to an activating group) is 1. The Morgan fingerprint density at radius 1 is 1.17 bits per heavy atom. The molecule has 0 spiro atoms. The average Bonchev–Trinajstić information content (AvgIpc) is 3.15. The molecule has 1 atom stereocenters. The highest BCUT2D eigenvalue weighted by Crippen LogP contribution is 2.20. The smallest absolute Gasteiger partial charge is 0.249 e. The summed E-state index contributed by atoms with van der Waals surface area (Å²) in [6.07, 6.45) is 4.05. The third-order valence-electron chi connectivity index (χ3n) is 5.18. The maximum absolute atomic E-state index is 6.10. The van der Waals surface area contributed by atoms with Crippen LogP contribution in [0.3, 0.4) is 0 Å². The van der Waals surface area contributed by atoms with Crippen molar-refractivity contribution in [3.05, 3.63) is 53.9 Å². The molecule has 1 fully saturated rings. The van der Waals surface area contributed by atoms with Crippen molar-refractivity contribution in [1.29, 1.82) is 0 Å². The predicted molar refractivity (Wildman–Crippen MR) is 115 cm³/mol. The maximum atomic E-state index is 6.10. The zero-order valence-electron chi connectivity index (χ0n) is 17.1. The number of ether oxygens (including phenoxy) is 1. The second kappa shape index (κ2) is 8.46. The van der Waals surface area contributed by atoms with Crippen molar-refractivity contribution in [2.45, 2.75) is 18.9 Å². The quantitative estimate of drug-likeness (QED) is 0.642. The molecule has 1 saturated heterocycles. The van der Waals surface area contributed by atoms with Crippen LogP contribution in [-0.4, -0.2) is 60.2 Å². The first-order valence-corrected chi connectivity index (χ1v) is 9.85. The highest BCUT2D eigenvalue weighted by molar-refractivity contribution is 5.71. The van der Waals surface area contributed by atoms with Gasteiger partial charge in [-0.2, -0.15) is 0 Å². The normalized spacial score (nSPS) is 16.4. The Hall–Kier alpha value is -3.17. The number of anilines is 1. The van der Waals surface area contributed by atoms with Crippen LogP contribution in [0.1, 0.15) is 24.1 Å². The summed E-state index contributed by atoms with van der Waals surface area (Å²) in [7, 11) is 6.16. The van der Waals surface area contributed by atoms with E-state index in [0.717, 1.165) is 24.2 Å². The molecule has 0 unspecified atom stereocenters. The largest absolute Gasteiger partial charge is 0.474 e. The molecule has 2 aromatic heterocycles. The van der Waals surface area contributed by atoms with E-state index < -0.39 is 0 Å². The van der Waals surface area contributed by atoms with Crippen LogP contribution in [-0.2, 0) is 0 Å². The fourth-order valence-corrected chi connectivity index (χ4v) is 3.42. The molecule has 1 aliphatic rings. The maximum Gasteiger partial charge on any atom is 0.249 e.